The fourth-order valence-corrected chi connectivity index (χ4v) is 1.76. The van der Waals surface area contributed by atoms with E-state index in [1.54, 1.807) is 0 Å². The minimum Gasteiger partial charge on any atom is -0.384 e. The molecule has 0 atom stereocenters. The van der Waals surface area contributed by atoms with E-state index in [9.17, 15) is 0 Å². The van der Waals surface area contributed by atoms with Gasteiger partial charge < -0.3 is 10.0 Å². The van der Waals surface area contributed by atoms with Crippen molar-refractivity contribution in [1.29, 1.82) is 0 Å². The second-order valence-electron chi connectivity index (χ2n) is 5.04. The van der Waals surface area contributed by atoms with Gasteiger partial charge in [0, 0.05) is 12.1 Å². The maximum Gasteiger partial charge on any atom is 0.104 e. The molecule has 98 valence electrons. The molecule has 0 aliphatic heterocycles. The highest BCUT2D eigenvalue weighted by molar-refractivity contribution is 5.41. The molecule has 0 radical (unpaired) electrons. The molecule has 0 unspecified atom stereocenters. The van der Waals surface area contributed by atoms with Crippen LogP contribution in [0.25, 0.3) is 0 Å². The van der Waals surface area contributed by atoms with Crippen molar-refractivity contribution in [3.63, 3.8) is 0 Å². The van der Waals surface area contributed by atoms with Crippen LogP contribution in [0.1, 0.15) is 31.4 Å². The maximum atomic E-state index is 8.76. The van der Waals surface area contributed by atoms with Crippen molar-refractivity contribution in [3.05, 3.63) is 35.4 Å². The second kappa shape index (κ2) is 7.92. The van der Waals surface area contributed by atoms with Crippen molar-refractivity contribution in [2.75, 3.05) is 20.2 Å². The fourth-order valence-electron chi connectivity index (χ4n) is 1.76. The van der Waals surface area contributed by atoms with Crippen LogP contribution in [0.3, 0.4) is 0 Å². The summed E-state index contributed by atoms with van der Waals surface area (Å²) in [5.74, 6) is 6.46. The highest BCUT2D eigenvalue weighted by Gasteiger charge is 2.04. The van der Waals surface area contributed by atoms with E-state index in [1.165, 1.54) is 12.0 Å². The van der Waals surface area contributed by atoms with E-state index in [0.717, 1.165) is 24.6 Å². The Morgan fingerprint density at radius 1 is 1.28 bits per heavy atom. The van der Waals surface area contributed by atoms with Gasteiger partial charge in [-0.1, -0.05) is 43.9 Å². The molecule has 0 aromatic heterocycles. The standard InChI is InChI=1S/C16H23NO/c1-14(2)10-11-17(3)13-16-8-5-4-7-15(16)9-6-12-18/h4-5,7-8,14,18H,10-13H2,1-3H3. The van der Waals surface area contributed by atoms with Gasteiger partial charge in [-0.05, 0) is 37.6 Å². The Morgan fingerprint density at radius 3 is 2.67 bits per heavy atom. The summed E-state index contributed by atoms with van der Waals surface area (Å²) < 4.78 is 0. The topological polar surface area (TPSA) is 23.5 Å². The van der Waals surface area contributed by atoms with Gasteiger partial charge in [-0.3, -0.25) is 0 Å². The molecule has 18 heavy (non-hydrogen) atoms. The zero-order valence-electron chi connectivity index (χ0n) is 11.6. The smallest absolute Gasteiger partial charge is 0.104 e. The van der Waals surface area contributed by atoms with Crippen LogP contribution in [0, 0.1) is 17.8 Å². The van der Waals surface area contributed by atoms with Gasteiger partial charge in [-0.2, -0.15) is 0 Å². The number of hydrogen-bond donors (Lipinski definition) is 1. The molecule has 0 saturated heterocycles. The number of rotatable bonds is 5. The van der Waals surface area contributed by atoms with Crippen molar-refractivity contribution < 1.29 is 5.11 Å². The summed E-state index contributed by atoms with van der Waals surface area (Å²) in [5.41, 5.74) is 2.24. The average molecular weight is 245 g/mol. The number of benzene rings is 1. The van der Waals surface area contributed by atoms with Crippen molar-refractivity contribution in [2.45, 2.75) is 26.8 Å². The highest BCUT2D eigenvalue weighted by Crippen LogP contribution is 2.11. The number of aliphatic hydroxyl groups is 1. The first kappa shape index (κ1) is 14.8. The molecule has 1 aromatic carbocycles. The molecule has 2 heteroatoms. The fraction of sp³-hybridized carbons (Fsp3) is 0.500. The predicted octanol–water partition coefficient (Wildman–Crippen LogP) is 2.51. The van der Waals surface area contributed by atoms with E-state index in [0.29, 0.717) is 0 Å². The Kier molecular flexibility index (Phi) is 6.49. The predicted molar refractivity (Wildman–Crippen MR) is 76.2 cm³/mol. The van der Waals surface area contributed by atoms with E-state index in [2.05, 4.69) is 43.7 Å². The summed E-state index contributed by atoms with van der Waals surface area (Å²) in [6, 6.07) is 8.14. The maximum absolute atomic E-state index is 8.76. The van der Waals surface area contributed by atoms with Crippen LogP contribution in [0.4, 0.5) is 0 Å². The van der Waals surface area contributed by atoms with Gasteiger partial charge in [0.1, 0.15) is 6.61 Å². The number of hydrogen-bond acceptors (Lipinski definition) is 2. The van der Waals surface area contributed by atoms with Crippen LogP contribution < -0.4 is 0 Å². The highest BCUT2D eigenvalue weighted by atomic mass is 16.2. The number of nitrogens with zero attached hydrogens (tertiary/aromatic N) is 1. The molecule has 1 rings (SSSR count). The van der Waals surface area contributed by atoms with Gasteiger partial charge in [0.05, 0.1) is 0 Å². The van der Waals surface area contributed by atoms with Crippen LogP contribution in [-0.4, -0.2) is 30.2 Å². The molecule has 0 amide bonds. The Hall–Kier alpha value is -1.30. The van der Waals surface area contributed by atoms with Crippen molar-refractivity contribution in [3.8, 4) is 11.8 Å². The van der Waals surface area contributed by atoms with Gasteiger partial charge in [0.25, 0.3) is 0 Å². The lowest BCUT2D eigenvalue weighted by Gasteiger charge is -2.18. The van der Waals surface area contributed by atoms with Crippen LogP contribution in [0.2, 0.25) is 0 Å². The quantitative estimate of drug-likeness (QED) is 0.806. The van der Waals surface area contributed by atoms with Crippen LogP contribution in [0.15, 0.2) is 24.3 Å². The third-order valence-corrected chi connectivity index (χ3v) is 2.85. The molecule has 0 fully saturated rings. The first-order valence-corrected chi connectivity index (χ1v) is 6.49. The molecule has 1 N–H and O–H groups in total. The largest absolute Gasteiger partial charge is 0.384 e. The Balaban J connectivity index is 2.65. The summed E-state index contributed by atoms with van der Waals surface area (Å²) >= 11 is 0. The molecule has 2 nitrogen and oxygen atoms in total. The zero-order valence-corrected chi connectivity index (χ0v) is 11.6. The van der Waals surface area contributed by atoms with Crippen LogP contribution in [-0.2, 0) is 6.54 Å². The van der Waals surface area contributed by atoms with Gasteiger partial charge in [0.15, 0.2) is 0 Å². The Morgan fingerprint density at radius 2 is 2.00 bits per heavy atom. The second-order valence-corrected chi connectivity index (χ2v) is 5.04. The molecular formula is C16H23NO. The first-order chi connectivity index (χ1) is 8.63. The molecule has 0 heterocycles. The van der Waals surface area contributed by atoms with Crippen molar-refractivity contribution in [1.82, 2.24) is 4.90 Å². The normalized spacial score (nSPS) is 10.6. The molecular weight excluding hydrogens is 222 g/mol. The van der Waals surface area contributed by atoms with Crippen LogP contribution >= 0.6 is 0 Å². The molecule has 0 aliphatic carbocycles. The lowest BCUT2D eigenvalue weighted by atomic mass is 10.1. The first-order valence-electron chi connectivity index (χ1n) is 6.49. The van der Waals surface area contributed by atoms with E-state index >= 15 is 0 Å². The summed E-state index contributed by atoms with van der Waals surface area (Å²) in [6.07, 6.45) is 1.21. The number of aliphatic hydroxyl groups excluding tert-OH is 1. The summed E-state index contributed by atoms with van der Waals surface area (Å²) in [4.78, 5) is 2.32. The molecule has 0 bridgehead atoms. The summed E-state index contributed by atoms with van der Waals surface area (Å²) in [7, 11) is 2.14. The SMILES string of the molecule is CC(C)CCN(C)Cc1ccccc1C#CCO. The summed E-state index contributed by atoms with van der Waals surface area (Å²) in [6.45, 7) is 6.41. The molecule has 1 aromatic rings. The molecule has 0 saturated carbocycles. The Labute approximate surface area is 111 Å². The lowest BCUT2D eigenvalue weighted by Crippen LogP contribution is -2.20. The Bertz CT molecular complexity index is 415. The van der Waals surface area contributed by atoms with E-state index in [-0.39, 0.29) is 6.61 Å². The van der Waals surface area contributed by atoms with Gasteiger partial charge in [-0.25, -0.2) is 0 Å². The molecule has 0 spiro atoms. The van der Waals surface area contributed by atoms with E-state index < -0.39 is 0 Å². The third-order valence-electron chi connectivity index (χ3n) is 2.85. The monoisotopic (exact) mass is 245 g/mol. The van der Waals surface area contributed by atoms with Gasteiger partial charge in [-0.15, -0.1) is 0 Å². The zero-order chi connectivity index (χ0) is 13.4. The van der Waals surface area contributed by atoms with Crippen molar-refractivity contribution in [2.24, 2.45) is 5.92 Å². The minimum atomic E-state index is -0.0858. The van der Waals surface area contributed by atoms with E-state index in [4.69, 9.17) is 5.11 Å². The van der Waals surface area contributed by atoms with Gasteiger partial charge >= 0.3 is 0 Å². The lowest BCUT2D eigenvalue weighted by molar-refractivity contribution is 0.303. The van der Waals surface area contributed by atoms with Crippen LogP contribution in [0.5, 0.6) is 0 Å². The van der Waals surface area contributed by atoms with Crippen molar-refractivity contribution >= 4 is 0 Å². The van der Waals surface area contributed by atoms with E-state index in [1.807, 2.05) is 18.2 Å². The molecule has 0 aliphatic rings. The third kappa shape index (κ3) is 5.35. The minimum absolute atomic E-state index is 0.0858. The summed E-state index contributed by atoms with van der Waals surface area (Å²) in [5, 5.41) is 8.76. The van der Waals surface area contributed by atoms with Gasteiger partial charge in [0.2, 0.25) is 0 Å². The average Bonchev–Trinajstić information content (AvgIpc) is 2.35.